The van der Waals surface area contributed by atoms with Gasteiger partial charge in [0.1, 0.15) is 10.6 Å². The molecule has 2 aliphatic rings. The Morgan fingerprint density at radius 2 is 1.87 bits per heavy atom. The van der Waals surface area contributed by atoms with Crippen molar-refractivity contribution in [1.29, 1.82) is 0 Å². The standard InChI is InChI=1S/C15H21N3O4S/c1-23(21,22)14-4-2-3-13(15(14)18(19)20)17-9-7-16(8-10-17)11-12-5-6-12/h2-4,12H,5-11H2,1H3. The van der Waals surface area contributed by atoms with Gasteiger partial charge in [0, 0.05) is 39.0 Å². The van der Waals surface area contributed by atoms with E-state index in [0.29, 0.717) is 18.8 Å². The Bertz CT molecular complexity index is 707. The number of hydrogen-bond acceptors (Lipinski definition) is 6. The van der Waals surface area contributed by atoms with Crippen molar-refractivity contribution in [2.75, 3.05) is 43.9 Å². The van der Waals surface area contributed by atoms with Crippen molar-refractivity contribution in [3.8, 4) is 0 Å². The van der Waals surface area contributed by atoms with E-state index in [0.717, 1.165) is 31.8 Å². The molecule has 0 spiro atoms. The predicted octanol–water partition coefficient (Wildman–Crippen LogP) is 1.53. The first-order valence-electron chi connectivity index (χ1n) is 7.81. The Morgan fingerprint density at radius 3 is 2.39 bits per heavy atom. The highest BCUT2D eigenvalue weighted by Gasteiger charge is 2.31. The minimum atomic E-state index is -3.64. The second kappa shape index (κ2) is 6.09. The average Bonchev–Trinajstić information content (AvgIpc) is 3.30. The van der Waals surface area contributed by atoms with Gasteiger partial charge in [-0.05, 0) is 30.9 Å². The zero-order chi connectivity index (χ0) is 16.6. The molecule has 0 atom stereocenters. The van der Waals surface area contributed by atoms with Crippen LogP contribution in [-0.2, 0) is 9.84 Å². The van der Waals surface area contributed by atoms with Crippen LogP contribution in [0.1, 0.15) is 12.8 Å². The molecule has 1 saturated carbocycles. The number of benzene rings is 1. The number of anilines is 1. The van der Waals surface area contributed by atoms with Crippen LogP contribution in [0.3, 0.4) is 0 Å². The van der Waals surface area contributed by atoms with Crippen LogP contribution in [-0.4, -0.2) is 57.2 Å². The van der Waals surface area contributed by atoms with E-state index in [4.69, 9.17) is 0 Å². The average molecular weight is 339 g/mol. The van der Waals surface area contributed by atoms with Crippen LogP contribution >= 0.6 is 0 Å². The SMILES string of the molecule is CS(=O)(=O)c1cccc(N2CCN(CC3CC3)CC2)c1[N+](=O)[O-]. The lowest BCUT2D eigenvalue weighted by molar-refractivity contribution is -0.387. The highest BCUT2D eigenvalue weighted by molar-refractivity contribution is 7.90. The largest absolute Gasteiger partial charge is 0.363 e. The number of sulfone groups is 1. The van der Waals surface area contributed by atoms with E-state index >= 15 is 0 Å². The van der Waals surface area contributed by atoms with Crippen LogP contribution in [0.5, 0.6) is 0 Å². The summed E-state index contributed by atoms with van der Waals surface area (Å²) in [5, 5.41) is 11.5. The highest BCUT2D eigenvalue weighted by atomic mass is 32.2. The molecular weight excluding hydrogens is 318 g/mol. The fourth-order valence-electron chi connectivity index (χ4n) is 3.09. The Balaban J connectivity index is 1.83. The molecule has 0 bridgehead atoms. The lowest BCUT2D eigenvalue weighted by atomic mass is 10.2. The Labute approximate surface area is 136 Å². The molecule has 1 aromatic carbocycles. The fourth-order valence-corrected chi connectivity index (χ4v) is 3.94. The van der Waals surface area contributed by atoms with Crippen molar-refractivity contribution in [2.45, 2.75) is 17.7 Å². The maximum atomic E-state index is 11.8. The molecule has 1 saturated heterocycles. The van der Waals surface area contributed by atoms with Gasteiger partial charge in [0.05, 0.1) is 4.92 Å². The molecule has 1 aromatic rings. The summed E-state index contributed by atoms with van der Waals surface area (Å²) in [6, 6.07) is 4.53. The van der Waals surface area contributed by atoms with Crippen molar-refractivity contribution in [2.24, 2.45) is 5.92 Å². The van der Waals surface area contributed by atoms with E-state index in [1.807, 2.05) is 4.90 Å². The first kappa shape index (κ1) is 16.2. The number of nitro groups is 1. The van der Waals surface area contributed by atoms with Gasteiger partial charge < -0.3 is 4.90 Å². The van der Waals surface area contributed by atoms with Crippen LogP contribution in [0.2, 0.25) is 0 Å². The van der Waals surface area contributed by atoms with Crippen molar-refractivity contribution >= 4 is 21.2 Å². The second-order valence-corrected chi connectivity index (χ2v) is 8.37. The van der Waals surface area contributed by atoms with E-state index in [1.165, 1.54) is 18.9 Å². The van der Waals surface area contributed by atoms with Crippen LogP contribution in [0.25, 0.3) is 0 Å². The molecule has 1 aliphatic carbocycles. The summed E-state index contributed by atoms with van der Waals surface area (Å²) < 4.78 is 23.7. The predicted molar refractivity (Wildman–Crippen MR) is 87.6 cm³/mol. The molecule has 126 valence electrons. The monoisotopic (exact) mass is 339 g/mol. The van der Waals surface area contributed by atoms with Gasteiger partial charge in [-0.3, -0.25) is 15.0 Å². The number of hydrogen-bond donors (Lipinski definition) is 0. The number of piperazine rings is 1. The number of nitrogens with zero attached hydrogens (tertiary/aromatic N) is 3. The molecule has 23 heavy (non-hydrogen) atoms. The molecule has 0 aromatic heterocycles. The van der Waals surface area contributed by atoms with Crippen molar-refractivity contribution in [3.63, 3.8) is 0 Å². The van der Waals surface area contributed by atoms with Gasteiger partial charge in [-0.1, -0.05) is 6.07 Å². The quantitative estimate of drug-likeness (QED) is 0.597. The molecule has 2 fully saturated rings. The molecule has 0 amide bonds. The lowest BCUT2D eigenvalue weighted by Crippen LogP contribution is -2.47. The van der Waals surface area contributed by atoms with Gasteiger partial charge in [-0.2, -0.15) is 0 Å². The van der Waals surface area contributed by atoms with Crippen LogP contribution < -0.4 is 4.90 Å². The van der Waals surface area contributed by atoms with Crippen LogP contribution in [0, 0.1) is 16.0 Å². The topological polar surface area (TPSA) is 83.8 Å². The summed E-state index contributed by atoms with van der Waals surface area (Å²) in [6.07, 6.45) is 3.62. The van der Waals surface area contributed by atoms with Crippen LogP contribution in [0.4, 0.5) is 11.4 Å². The molecule has 3 rings (SSSR count). The van der Waals surface area contributed by atoms with Gasteiger partial charge in [-0.25, -0.2) is 8.42 Å². The molecule has 0 N–H and O–H groups in total. The lowest BCUT2D eigenvalue weighted by Gasteiger charge is -2.36. The first-order valence-corrected chi connectivity index (χ1v) is 9.70. The molecule has 1 heterocycles. The van der Waals surface area contributed by atoms with E-state index < -0.39 is 14.8 Å². The minimum absolute atomic E-state index is 0.208. The Morgan fingerprint density at radius 1 is 1.22 bits per heavy atom. The van der Waals surface area contributed by atoms with Gasteiger partial charge >= 0.3 is 5.69 Å². The van der Waals surface area contributed by atoms with Crippen molar-refractivity contribution in [1.82, 2.24) is 4.90 Å². The Kier molecular flexibility index (Phi) is 4.29. The van der Waals surface area contributed by atoms with Gasteiger partial charge in [0.15, 0.2) is 9.84 Å². The van der Waals surface area contributed by atoms with Gasteiger partial charge in [0.25, 0.3) is 0 Å². The van der Waals surface area contributed by atoms with Crippen molar-refractivity contribution in [3.05, 3.63) is 28.3 Å². The third-order valence-corrected chi connectivity index (χ3v) is 5.61. The number of nitro benzene ring substituents is 1. The zero-order valence-electron chi connectivity index (χ0n) is 13.1. The molecule has 8 heteroatoms. The number of para-hydroxylation sites is 1. The normalized spacial score (nSPS) is 19.8. The summed E-state index contributed by atoms with van der Waals surface area (Å²) in [4.78, 5) is 15.0. The van der Waals surface area contributed by atoms with E-state index in [2.05, 4.69) is 4.90 Å². The fraction of sp³-hybridized carbons (Fsp3) is 0.600. The smallest absolute Gasteiger partial charge is 0.311 e. The molecule has 0 radical (unpaired) electrons. The first-order chi connectivity index (χ1) is 10.9. The summed E-state index contributed by atoms with van der Waals surface area (Å²) in [7, 11) is -3.64. The molecule has 0 unspecified atom stereocenters. The molecule has 1 aliphatic heterocycles. The van der Waals surface area contributed by atoms with E-state index in [1.54, 1.807) is 12.1 Å². The van der Waals surface area contributed by atoms with Gasteiger partial charge in [-0.15, -0.1) is 0 Å². The van der Waals surface area contributed by atoms with Crippen molar-refractivity contribution < 1.29 is 13.3 Å². The molecular formula is C15H21N3O4S. The van der Waals surface area contributed by atoms with E-state index in [-0.39, 0.29) is 10.6 Å². The minimum Gasteiger partial charge on any atom is -0.363 e. The third-order valence-electron chi connectivity index (χ3n) is 4.49. The number of rotatable bonds is 5. The summed E-state index contributed by atoms with van der Waals surface area (Å²) in [6.45, 7) is 4.19. The second-order valence-electron chi connectivity index (χ2n) is 6.38. The summed E-state index contributed by atoms with van der Waals surface area (Å²) in [5.41, 5.74) is 0.106. The maximum absolute atomic E-state index is 11.8. The third kappa shape index (κ3) is 3.64. The highest BCUT2D eigenvalue weighted by Crippen LogP contribution is 2.35. The zero-order valence-corrected chi connectivity index (χ0v) is 14.0. The van der Waals surface area contributed by atoms with E-state index in [9.17, 15) is 18.5 Å². The van der Waals surface area contributed by atoms with Gasteiger partial charge in [0.2, 0.25) is 0 Å². The van der Waals surface area contributed by atoms with Crippen LogP contribution in [0.15, 0.2) is 23.1 Å². The Hall–Kier alpha value is -1.67. The maximum Gasteiger partial charge on any atom is 0.311 e. The summed E-state index contributed by atoms with van der Waals surface area (Å²) >= 11 is 0. The summed E-state index contributed by atoms with van der Waals surface area (Å²) in [5.74, 6) is 0.824. The molecule has 7 nitrogen and oxygen atoms in total.